The minimum Gasteiger partial charge on any atom is -0.338 e. The van der Waals surface area contributed by atoms with Crippen molar-refractivity contribution in [2.75, 3.05) is 0 Å². The van der Waals surface area contributed by atoms with E-state index in [0.29, 0.717) is 6.42 Å². The number of carbonyl (C=O) groups excluding carboxylic acids is 1. The van der Waals surface area contributed by atoms with E-state index in [1.165, 1.54) is 11.1 Å². The molecular weight excluding hydrogens is 282 g/mol. The van der Waals surface area contributed by atoms with Crippen molar-refractivity contribution in [2.45, 2.75) is 52.1 Å². The van der Waals surface area contributed by atoms with Gasteiger partial charge in [0.05, 0.1) is 0 Å². The minimum absolute atomic E-state index is 0.102. The molecule has 0 aromatic heterocycles. The third-order valence-corrected chi connectivity index (χ3v) is 4.18. The maximum Gasteiger partial charge on any atom is 0.223 e. The average molecular weight is 309 g/mol. The Morgan fingerprint density at radius 3 is 1.52 bits per heavy atom. The molecule has 0 atom stereocenters. The van der Waals surface area contributed by atoms with Gasteiger partial charge < -0.3 is 4.90 Å². The lowest BCUT2D eigenvalue weighted by molar-refractivity contribution is -0.135. The fourth-order valence-corrected chi connectivity index (χ4v) is 3.25. The normalized spacial score (nSPS) is 11.3. The highest BCUT2D eigenvalue weighted by Crippen LogP contribution is 2.29. The Bertz CT molecular complexity index is 557. The number of benzene rings is 2. The summed E-state index contributed by atoms with van der Waals surface area (Å²) in [4.78, 5) is 14.9. The third kappa shape index (κ3) is 4.44. The van der Waals surface area contributed by atoms with Crippen LogP contribution in [0.15, 0.2) is 60.7 Å². The summed E-state index contributed by atoms with van der Waals surface area (Å²) in [6.45, 7) is 8.33. The summed E-state index contributed by atoms with van der Waals surface area (Å²) < 4.78 is 0. The zero-order chi connectivity index (χ0) is 16.8. The van der Waals surface area contributed by atoms with Crippen molar-refractivity contribution in [1.29, 1.82) is 0 Å². The first-order valence-corrected chi connectivity index (χ1v) is 8.41. The van der Waals surface area contributed by atoms with Crippen LogP contribution in [0.2, 0.25) is 0 Å². The Balaban J connectivity index is 2.30. The Labute approximate surface area is 140 Å². The van der Waals surface area contributed by atoms with E-state index in [0.717, 1.165) is 0 Å². The Morgan fingerprint density at radius 1 is 0.783 bits per heavy atom. The van der Waals surface area contributed by atoms with Crippen molar-refractivity contribution in [1.82, 2.24) is 4.90 Å². The molecule has 0 fully saturated rings. The van der Waals surface area contributed by atoms with Crippen LogP contribution in [0.1, 0.15) is 51.2 Å². The molecule has 0 heterocycles. The molecule has 2 aromatic carbocycles. The van der Waals surface area contributed by atoms with Crippen LogP contribution in [-0.2, 0) is 4.79 Å². The predicted octanol–water partition coefficient (Wildman–Crippen LogP) is 4.85. The van der Waals surface area contributed by atoms with Crippen LogP contribution in [0.3, 0.4) is 0 Å². The van der Waals surface area contributed by atoms with Gasteiger partial charge in [-0.3, -0.25) is 4.79 Å². The summed E-state index contributed by atoms with van der Waals surface area (Å²) in [5.74, 6) is 0.317. The van der Waals surface area contributed by atoms with E-state index in [2.05, 4.69) is 52.0 Å². The maximum absolute atomic E-state index is 12.9. The Kier molecular flexibility index (Phi) is 5.97. The quantitative estimate of drug-likeness (QED) is 0.746. The lowest BCUT2D eigenvalue weighted by atomic mass is 9.88. The van der Waals surface area contributed by atoms with E-state index in [1.807, 2.05) is 41.3 Å². The molecule has 1 amide bonds. The van der Waals surface area contributed by atoms with Crippen LogP contribution in [0, 0.1) is 0 Å². The van der Waals surface area contributed by atoms with E-state index >= 15 is 0 Å². The highest BCUT2D eigenvalue weighted by molar-refractivity contribution is 5.78. The van der Waals surface area contributed by atoms with Crippen LogP contribution >= 0.6 is 0 Å². The number of carbonyl (C=O) groups is 1. The number of amides is 1. The van der Waals surface area contributed by atoms with E-state index in [-0.39, 0.29) is 23.9 Å². The van der Waals surface area contributed by atoms with E-state index in [4.69, 9.17) is 0 Å². The minimum atomic E-state index is 0.102. The van der Waals surface area contributed by atoms with Crippen molar-refractivity contribution in [2.24, 2.45) is 0 Å². The first-order valence-electron chi connectivity index (χ1n) is 8.41. The van der Waals surface area contributed by atoms with Crippen LogP contribution in [0.25, 0.3) is 0 Å². The van der Waals surface area contributed by atoms with Crippen molar-refractivity contribution >= 4 is 5.91 Å². The highest BCUT2D eigenvalue weighted by atomic mass is 16.2. The van der Waals surface area contributed by atoms with Gasteiger partial charge >= 0.3 is 0 Å². The van der Waals surface area contributed by atoms with Crippen LogP contribution < -0.4 is 0 Å². The molecule has 0 saturated carbocycles. The summed E-state index contributed by atoms with van der Waals surface area (Å²) in [5, 5.41) is 0. The third-order valence-electron chi connectivity index (χ3n) is 4.18. The SMILES string of the molecule is CC(C)N(C(=O)CC(c1ccccc1)c1ccccc1)C(C)C. The maximum atomic E-state index is 12.9. The molecule has 0 N–H and O–H groups in total. The summed E-state index contributed by atoms with van der Waals surface area (Å²) >= 11 is 0. The molecular formula is C21H27NO. The molecule has 0 saturated heterocycles. The molecule has 2 nitrogen and oxygen atoms in total. The number of nitrogens with zero attached hydrogens (tertiary/aromatic N) is 1. The fourth-order valence-electron chi connectivity index (χ4n) is 3.25. The van der Waals surface area contributed by atoms with E-state index in [9.17, 15) is 4.79 Å². The summed E-state index contributed by atoms with van der Waals surface area (Å²) in [7, 11) is 0. The molecule has 2 rings (SSSR count). The largest absolute Gasteiger partial charge is 0.338 e. The summed E-state index contributed by atoms with van der Waals surface area (Å²) in [6, 6.07) is 21.1. The molecule has 2 heteroatoms. The lowest BCUT2D eigenvalue weighted by Gasteiger charge is -2.32. The zero-order valence-corrected chi connectivity index (χ0v) is 14.6. The van der Waals surface area contributed by atoms with Gasteiger partial charge in [0.25, 0.3) is 0 Å². The predicted molar refractivity (Wildman–Crippen MR) is 96.5 cm³/mol. The highest BCUT2D eigenvalue weighted by Gasteiger charge is 2.25. The number of hydrogen-bond acceptors (Lipinski definition) is 1. The second-order valence-electron chi connectivity index (χ2n) is 6.57. The van der Waals surface area contributed by atoms with E-state index < -0.39 is 0 Å². The van der Waals surface area contributed by atoms with Gasteiger partial charge in [0.15, 0.2) is 0 Å². The second-order valence-corrected chi connectivity index (χ2v) is 6.57. The molecule has 2 aromatic rings. The van der Waals surface area contributed by atoms with Gasteiger partial charge in [-0.15, -0.1) is 0 Å². The van der Waals surface area contributed by atoms with Gasteiger partial charge in [-0.2, -0.15) is 0 Å². The van der Waals surface area contributed by atoms with Crippen LogP contribution in [0.4, 0.5) is 0 Å². The summed E-state index contributed by atoms with van der Waals surface area (Å²) in [6.07, 6.45) is 0.504. The first-order chi connectivity index (χ1) is 11.0. The van der Waals surface area contributed by atoms with Gasteiger partial charge in [0, 0.05) is 24.4 Å². The van der Waals surface area contributed by atoms with Gasteiger partial charge in [0.1, 0.15) is 0 Å². The summed E-state index contributed by atoms with van der Waals surface area (Å²) in [5.41, 5.74) is 2.39. The van der Waals surface area contributed by atoms with Crippen molar-refractivity contribution in [3.63, 3.8) is 0 Å². The lowest BCUT2D eigenvalue weighted by Crippen LogP contribution is -2.42. The molecule has 122 valence electrons. The van der Waals surface area contributed by atoms with Crippen molar-refractivity contribution in [3.05, 3.63) is 71.8 Å². The van der Waals surface area contributed by atoms with Crippen LogP contribution in [-0.4, -0.2) is 22.9 Å². The van der Waals surface area contributed by atoms with E-state index in [1.54, 1.807) is 0 Å². The molecule has 0 radical (unpaired) electrons. The van der Waals surface area contributed by atoms with Crippen molar-refractivity contribution in [3.8, 4) is 0 Å². The smallest absolute Gasteiger partial charge is 0.223 e. The first kappa shape index (κ1) is 17.3. The monoisotopic (exact) mass is 309 g/mol. The molecule has 0 aliphatic carbocycles. The van der Waals surface area contributed by atoms with Gasteiger partial charge in [-0.25, -0.2) is 0 Å². The molecule has 23 heavy (non-hydrogen) atoms. The van der Waals surface area contributed by atoms with Gasteiger partial charge in [-0.05, 0) is 38.8 Å². The molecule has 0 aliphatic rings. The zero-order valence-electron chi connectivity index (χ0n) is 14.6. The van der Waals surface area contributed by atoms with Gasteiger partial charge in [-0.1, -0.05) is 60.7 Å². The number of rotatable bonds is 6. The average Bonchev–Trinajstić information content (AvgIpc) is 2.53. The topological polar surface area (TPSA) is 20.3 Å². The standard InChI is InChI=1S/C21H27NO/c1-16(2)22(17(3)4)21(23)15-20(18-11-7-5-8-12-18)19-13-9-6-10-14-19/h5-14,16-17,20H,15H2,1-4H3. The molecule has 0 bridgehead atoms. The van der Waals surface area contributed by atoms with Crippen LogP contribution in [0.5, 0.6) is 0 Å². The molecule has 0 unspecified atom stereocenters. The molecule has 0 aliphatic heterocycles. The van der Waals surface area contributed by atoms with Gasteiger partial charge in [0.2, 0.25) is 5.91 Å². The molecule has 0 spiro atoms. The fraction of sp³-hybridized carbons (Fsp3) is 0.381. The number of hydrogen-bond donors (Lipinski definition) is 0. The Hall–Kier alpha value is -2.09. The second kappa shape index (κ2) is 7.96. The Morgan fingerprint density at radius 2 is 1.17 bits per heavy atom. The van der Waals surface area contributed by atoms with Crippen molar-refractivity contribution < 1.29 is 4.79 Å².